The highest BCUT2D eigenvalue weighted by Gasteiger charge is 2.15. The van der Waals surface area contributed by atoms with Crippen molar-refractivity contribution in [1.82, 2.24) is 25.5 Å². The molecule has 1 unspecified atom stereocenters. The number of hydrogen-bond acceptors (Lipinski definition) is 4. The predicted molar refractivity (Wildman–Crippen MR) is 73.0 cm³/mol. The van der Waals surface area contributed by atoms with Crippen LogP contribution in [0.1, 0.15) is 24.4 Å². The summed E-state index contributed by atoms with van der Waals surface area (Å²) < 4.78 is 14.2. The quantitative estimate of drug-likeness (QED) is 0.912. The minimum atomic E-state index is -0.264. The third kappa shape index (κ3) is 3.81. The van der Waals surface area contributed by atoms with Gasteiger partial charge in [-0.2, -0.15) is 4.80 Å². The molecule has 1 heterocycles. The number of likely N-dealkylation sites (N-methyl/N-ethyl adjacent to an activating group) is 1. The number of rotatable bonds is 5. The van der Waals surface area contributed by atoms with Gasteiger partial charge in [0.1, 0.15) is 5.82 Å². The molecule has 0 saturated carbocycles. The Kier molecular flexibility index (Phi) is 4.60. The molecule has 0 amide bonds. The van der Waals surface area contributed by atoms with Gasteiger partial charge in [-0.1, -0.05) is 22.9 Å². The molecule has 1 aromatic carbocycles. The topological polar surface area (TPSA) is 55.6 Å². The maximum absolute atomic E-state index is 13.5. The second-order valence-electron chi connectivity index (χ2n) is 4.21. The summed E-state index contributed by atoms with van der Waals surface area (Å²) in [5, 5.41) is 15.2. The molecule has 1 atom stereocenters. The zero-order valence-electron chi connectivity index (χ0n) is 10.8. The van der Waals surface area contributed by atoms with Crippen LogP contribution in [0.15, 0.2) is 22.7 Å². The summed E-state index contributed by atoms with van der Waals surface area (Å²) in [6, 6.07) is 4.81. The average Bonchev–Trinajstić information content (AvgIpc) is 2.73. The lowest BCUT2D eigenvalue weighted by atomic mass is 10.0. The van der Waals surface area contributed by atoms with E-state index in [1.54, 1.807) is 7.05 Å². The molecule has 1 aromatic heterocycles. The lowest BCUT2D eigenvalue weighted by Crippen LogP contribution is -2.23. The summed E-state index contributed by atoms with van der Waals surface area (Å²) in [4.78, 5) is 1.42. The molecular weight excluding hydrogens is 313 g/mol. The second-order valence-corrected chi connectivity index (χ2v) is 5.13. The first kappa shape index (κ1) is 14.1. The molecule has 0 aliphatic heterocycles. The standard InChI is InChI=1S/C12H15BrFN5/c1-3-15-11(7-12-16-18-19(2)17-12)8-4-9(13)6-10(14)5-8/h4-6,11,15H,3,7H2,1-2H3. The number of benzene rings is 1. The summed E-state index contributed by atoms with van der Waals surface area (Å²) in [5.41, 5.74) is 0.862. The molecule has 102 valence electrons. The molecular formula is C12H15BrFN5. The normalized spacial score (nSPS) is 12.6. The number of aryl methyl sites for hydroxylation is 1. The van der Waals surface area contributed by atoms with Crippen LogP contribution in [0.4, 0.5) is 4.39 Å². The van der Waals surface area contributed by atoms with Crippen molar-refractivity contribution in [3.05, 3.63) is 39.9 Å². The van der Waals surface area contributed by atoms with E-state index in [0.717, 1.165) is 16.6 Å². The van der Waals surface area contributed by atoms with Crippen LogP contribution < -0.4 is 5.32 Å². The minimum Gasteiger partial charge on any atom is -0.310 e. The smallest absolute Gasteiger partial charge is 0.176 e. The largest absolute Gasteiger partial charge is 0.310 e. The molecule has 0 radical (unpaired) electrons. The highest BCUT2D eigenvalue weighted by Crippen LogP contribution is 2.22. The fourth-order valence-corrected chi connectivity index (χ4v) is 2.40. The minimum absolute atomic E-state index is 0.0406. The van der Waals surface area contributed by atoms with Gasteiger partial charge in [0, 0.05) is 16.9 Å². The fourth-order valence-electron chi connectivity index (χ4n) is 1.92. The first-order chi connectivity index (χ1) is 9.08. The zero-order chi connectivity index (χ0) is 13.8. The Hall–Kier alpha value is -1.34. The molecule has 1 N–H and O–H groups in total. The molecule has 0 spiro atoms. The number of aromatic nitrogens is 4. The van der Waals surface area contributed by atoms with Crippen molar-refractivity contribution in [3.63, 3.8) is 0 Å². The van der Waals surface area contributed by atoms with Crippen molar-refractivity contribution in [2.45, 2.75) is 19.4 Å². The summed E-state index contributed by atoms with van der Waals surface area (Å²) in [6.07, 6.45) is 0.567. The molecule has 0 fully saturated rings. The maximum atomic E-state index is 13.5. The van der Waals surface area contributed by atoms with E-state index in [-0.39, 0.29) is 11.9 Å². The SMILES string of the molecule is CCNC(Cc1nnn(C)n1)c1cc(F)cc(Br)c1. The molecule has 2 rings (SSSR count). The Morgan fingerprint density at radius 1 is 1.42 bits per heavy atom. The first-order valence-electron chi connectivity index (χ1n) is 6.00. The van der Waals surface area contributed by atoms with Crippen molar-refractivity contribution in [2.75, 3.05) is 6.54 Å². The molecule has 2 aromatic rings. The van der Waals surface area contributed by atoms with E-state index < -0.39 is 0 Å². The third-order valence-corrected chi connectivity index (χ3v) is 3.13. The number of tetrazole rings is 1. The number of hydrogen-bond donors (Lipinski definition) is 1. The Labute approximate surface area is 119 Å². The van der Waals surface area contributed by atoms with E-state index in [4.69, 9.17) is 0 Å². The molecule has 0 aliphatic carbocycles. The van der Waals surface area contributed by atoms with Crippen molar-refractivity contribution in [3.8, 4) is 0 Å². The van der Waals surface area contributed by atoms with Crippen LogP contribution in [0.3, 0.4) is 0 Å². The van der Waals surface area contributed by atoms with Crippen LogP contribution in [-0.2, 0) is 13.5 Å². The van der Waals surface area contributed by atoms with Crippen LogP contribution in [0.25, 0.3) is 0 Å². The van der Waals surface area contributed by atoms with Crippen LogP contribution in [-0.4, -0.2) is 26.8 Å². The van der Waals surface area contributed by atoms with Gasteiger partial charge in [-0.3, -0.25) is 0 Å². The molecule has 0 aliphatic rings. The average molecular weight is 328 g/mol. The summed E-state index contributed by atoms with van der Waals surface area (Å²) in [7, 11) is 1.72. The van der Waals surface area contributed by atoms with E-state index >= 15 is 0 Å². The zero-order valence-corrected chi connectivity index (χ0v) is 12.4. The third-order valence-electron chi connectivity index (χ3n) is 2.67. The highest BCUT2D eigenvalue weighted by molar-refractivity contribution is 9.10. The Bertz CT molecular complexity index is 537. The summed E-state index contributed by atoms with van der Waals surface area (Å²) >= 11 is 3.31. The lowest BCUT2D eigenvalue weighted by Gasteiger charge is -2.17. The van der Waals surface area contributed by atoms with E-state index in [1.807, 2.05) is 13.0 Å². The molecule has 0 saturated heterocycles. The molecule has 19 heavy (non-hydrogen) atoms. The summed E-state index contributed by atoms with van der Waals surface area (Å²) in [6.45, 7) is 2.78. The Morgan fingerprint density at radius 3 is 2.79 bits per heavy atom. The van der Waals surface area contributed by atoms with Gasteiger partial charge >= 0.3 is 0 Å². The van der Waals surface area contributed by atoms with Crippen molar-refractivity contribution >= 4 is 15.9 Å². The van der Waals surface area contributed by atoms with Crippen LogP contribution in [0, 0.1) is 5.82 Å². The van der Waals surface area contributed by atoms with Crippen molar-refractivity contribution in [2.24, 2.45) is 7.05 Å². The van der Waals surface area contributed by atoms with Crippen molar-refractivity contribution < 1.29 is 4.39 Å². The van der Waals surface area contributed by atoms with Gasteiger partial charge in [-0.25, -0.2) is 4.39 Å². The van der Waals surface area contributed by atoms with Crippen LogP contribution in [0.5, 0.6) is 0 Å². The predicted octanol–water partition coefficient (Wildman–Crippen LogP) is 2.00. The maximum Gasteiger partial charge on any atom is 0.176 e. The van der Waals surface area contributed by atoms with Gasteiger partial charge in [0.05, 0.1) is 7.05 Å². The van der Waals surface area contributed by atoms with Gasteiger partial charge < -0.3 is 5.32 Å². The number of nitrogens with one attached hydrogen (secondary N) is 1. The first-order valence-corrected chi connectivity index (χ1v) is 6.80. The molecule has 0 bridgehead atoms. The Balaban J connectivity index is 2.23. The van der Waals surface area contributed by atoms with Gasteiger partial charge in [0.2, 0.25) is 0 Å². The Morgan fingerprint density at radius 2 is 2.21 bits per heavy atom. The molecule has 7 heteroatoms. The number of nitrogens with zero attached hydrogens (tertiary/aromatic N) is 4. The lowest BCUT2D eigenvalue weighted by molar-refractivity contribution is 0.528. The van der Waals surface area contributed by atoms with E-state index in [2.05, 4.69) is 36.7 Å². The fraction of sp³-hybridized carbons (Fsp3) is 0.417. The number of halogens is 2. The van der Waals surface area contributed by atoms with Crippen LogP contribution >= 0.6 is 15.9 Å². The van der Waals surface area contributed by atoms with Gasteiger partial charge in [0.25, 0.3) is 0 Å². The highest BCUT2D eigenvalue weighted by atomic mass is 79.9. The van der Waals surface area contributed by atoms with E-state index in [1.165, 1.54) is 16.9 Å². The monoisotopic (exact) mass is 327 g/mol. The molecule has 5 nitrogen and oxygen atoms in total. The van der Waals surface area contributed by atoms with E-state index in [0.29, 0.717) is 12.2 Å². The second kappa shape index (κ2) is 6.21. The summed E-state index contributed by atoms with van der Waals surface area (Å²) in [5.74, 6) is 0.369. The van der Waals surface area contributed by atoms with Gasteiger partial charge in [-0.15, -0.1) is 10.2 Å². The van der Waals surface area contributed by atoms with E-state index in [9.17, 15) is 4.39 Å². The van der Waals surface area contributed by atoms with Crippen molar-refractivity contribution in [1.29, 1.82) is 0 Å². The van der Waals surface area contributed by atoms with Gasteiger partial charge in [0.15, 0.2) is 5.82 Å². The van der Waals surface area contributed by atoms with Crippen LogP contribution in [0.2, 0.25) is 0 Å². The van der Waals surface area contributed by atoms with Gasteiger partial charge in [-0.05, 0) is 35.5 Å².